The minimum Gasteiger partial charge on any atom is -0.481 e. The molecule has 0 fully saturated rings. The molecule has 0 radical (unpaired) electrons. The molecule has 5 nitrogen and oxygen atoms in total. The zero-order valence-electron chi connectivity index (χ0n) is 12.0. The van der Waals surface area contributed by atoms with Crippen molar-refractivity contribution in [3.8, 4) is 0 Å². The highest BCUT2D eigenvalue weighted by molar-refractivity contribution is 9.11. The quantitative estimate of drug-likeness (QED) is 0.618. The summed E-state index contributed by atoms with van der Waals surface area (Å²) < 4.78 is 1.09. The summed E-state index contributed by atoms with van der Waals surface area (Å²) in [5.74, 6) is -0.474. The molecule has 0 aliphatic carbocycles. The van der Waals surface area contributed by atoms with Gasteiger partial charge in [0.15, 0.2) is 0 Å². The van der Waals surface area contributed by atoms with Crippen molar-refractivity contribution in [2.75, 3.05) is 13.1 Å². The summed E-state index contributed by atoms with van der Waals surface area (Å²) in [7, 11) is 0. The highest BCUT2D eigenvalue weighted by Crippen LogP contribution is 2.21. The molecule has 0 aliphatic heterocycles. The van der Waals surface area contributed by atoms with E-state index in [0.717, 1.165) is 16.6 Å². The molecule has 1 heterocycles. The SMILES string of the molecule is CC(CCNC(=O)NCCc1ccc(Br)s1)CCC(=O)O. The van der Waals surface area contributed by atoms with Crippen LogP contribution in [0, 0.1) is 5.92 Å². The fourth-order valence-corrected chi connectivity index (χ4v) is 3.28. The number of nitrogens with one attached hydrogen (secondary N) is 2. The number of carboxylic acid groups (broad SMARTS) is 1. The molecule has 2 amide bonds. The van der Waals surface area contributed by atoms with Gasteiger partial charge in [0, 0.05) is 24.4 Å². The van der Waals surface area contributed by atoms with Crippen LogP contribution in [0.25, 0.3) is 0 Å². The molecule has 1 aromatic heterocycles. The Kier molecular flexibility index (Phi) is 8.37. The topological polar surface area (TPSA) is 78.4 Å². The molecule has 0 aliphatic rings. The highest BCUT2D eigenvalue weighted by Gasteiger charge is 2.06. The number of carbonyl (C=O) groups excluding carboxylic acids is 1. The van der Waals surface area contributed by atoms with Crippen molar-refractivity contribution in [1.29, 1.82) is 0 Å². The molecule has 0 saturated carbocycles. The van der Waals surface area contributed by atoms with Gasteiger partial charge in [0.25, 0.3) is 0 Å². The molecule has 1 aromatic rings. The normalized spacial score (nSPS) is 11.9. The number of rotatable bonds is 9. The molecule has 1 atom stereocenters. The Labute approximate surface area is 137 Å². The standard InChI is InChI=1S/C14H21BrN2O3S/c1-10(2-5-13(18)19)6-8-16-14(20)17-9-7-11-3-4-12(15)21-11/h3-4,10H,2,5-9H2,1H3,(H,18,19)(H2,16,17,20). The Bertz CT molecular complexity index is 465. The Morgan fingerprint density at radius 1 is 1.29 bits per heavy atom. The minimum absolute atomic E-state index is 0.170. The van der Waals surface area contributed by atoms with E-state index >= 15 is 0 Å². The predicted octanol–water partition coefficient (Wildman–Crippen LogP) is 3.24. The molecule has 0 bridgehead atoms. The van der Waals surface area contributed by atoms with E-state index in [-0.39, 0.29) is 12.5 Å². The maximum absolute atomic E-state index is 11.6. The fraction of sp³-hybridized carbons (Fsp3) is 0.571. The first-order valence-corrected chi connectivity index (χ1v) is 8.56. The van der Waals surface area contributed by atoms with Crippen LogP contribution in [0.15, 0.2) is 15.9 Å². The van der Waals surface area contributed by atoms with Gasteiger partial charge in [-0.25, -0.2) is 4.79 Å². The lowest BCUT2D eigenvalue weighted by Gasteiger charge is -2.11. The second kappa shape index (κ2) is 9.78. The third kappa shape index (κ3) is 8.72. The van der Waals surface area contributed by atoms with Crippen molar-refractivity contribution in [2.24, 2.45) is 5.92 Å². The van der Waals surface area contributed by atoms with Gasteiger partial charge in [-0.3, -0.25) is 4.79 Å². The van der Waals surface area contributed by atoms with Gasteiger partial charge in [-0.1, -0.05) is 6.92 Å². The van der Waals surface area contributed by atoms with Gasteiger partial charge in [0.2, 0.25) is 0 Å². The molecule has 7 heteroatoms. The summed E-state index contributed by atoms with van der Waals surface area (Å²) >= 11 is 5.07. The van der Waals surface area contributed by atoms with Crippen LogP contribution in [0.3, 0.4) is 0 Å². The lowest BCUT2D eigenvalue weighted by atomic mass is 10.0. The van der Waals surface area contributed by atoms with Gasteiger partial charge >= 0.3 is 12.0 Å². The predicted molar refractivity (Wildman–Crippen MR) is 87.8 cm³/mol. The number of carbonyl (C=O) groups is 2. The van der Waals surface area contributed by atoms with Crippen LogP contribution in [0.4, 0.5) is 4.79 Å². The lowest BCUT2D eigenvalue weighted by molar-refractivity contribution is -0.137. The summed E-state index contributed by atoms with van der Waals surface area (Å²) in [5, 5.41) is 14.2. The monoisotopic (exact) mass is 376 g/mol. The molecular weight excluding hydrogens is 356 g/mol. The Hall–Kier alpha value is -1.08. The molecule has 0 saturated heterocycles. The van der Waals surface area contributed by atoms with Gasteiger partial charge in [-0.05, 0) is 53.2 Å². The number of hydrogen-bond donors (Lipinski definition) is 3. The number of urea groups is 1. The van der Waals surface area contributed by atoms with Crippen LogP contribution in [0.2, 0.25) is 0 Å². The van der Waals surface area contributed by atoms with Gasteiger partial charge in [-0.15, -0.1) is 11.3 Å². The fourth-order valence-electron chi connectivity index (χ4n) is 1.79. The highest BCUT2D eigenvalue weighted by atomic mass is 79.9. The van der Waals surface area contributed by atoms with E-state index in [9.17, 15) is 9.59 Å². The van der Waals surface area contributed by atoms with Crippen LogP contribution in [-0.2, 0) is 11.2 Å². The van der Waals surface area contributed by atoms with Crippen LogP contribution in [-0.4, -0.2) is 30.2 Å². The largest absolute Gasteiger partial charge is 0.481 e. The number of thiophene rings is 1. The molecule has 1 rings (SSSR count). The average Bonchev–Trinajstić information content (AvgIpc) is 2.82. The smallest absolute Gasteiger partial charge is 0.314 e. The molecule has 0 spiro atoms. The molecular formula is C14H21BrN2O3S. The zero-order valence-corrected chi connectivity index (χ0v) is 14.4. The third-order valence-electron chi connectivity index (χ3n) is 3.06. The zero-order chi connectivity index (χ0) is 15.7. The van der Waals surface area contributed by atoms with Crippen molar-refractivity contribution in [1.82, 2.24) is 10.6 Å². The van der Waals surface area contributed by atoms with Crippen molar-refractivity contribution in [3.63, 3.8) is 0 Å². The van der Waals surface area contributed by atoms with Gasteiger partial charge in [0.1, 0.15) is 0 Å². The molecule has 3 N–H and O–H groups in total. The van der Waals surface area contributed by atoms with Gasteiger partial charge < -0.3 is 15.7 Å². The number of hydrogen-bond acceptors (Lipinski definition) is 3. The second-order valence-electron chi connectivity index (χ2n) is 4.96. The Balaban J connectivity index is 2.04. The maximum atomic E-state index is 11.6. The number of carboxylic acids is 1. The van der Waals surface area contributed by atoms with Crippen molar-refractivity contribution >= 4 is 39.3 Å². The van der Waals surface area contributed by atoms with E-state index < -0.39 is 5.97 Å². The van der Waals surface area contributed by atoms with Crippen LogP contribution in [0.1, 0.15) is 31.1 Å². The van der Waals surface area contributed by atoms with Crippen LogP contribution < -0.4 is 10.6 Å². The van der Waals surface area contributed by atoms with Crippen LogP contribution in [0.5, 0.6) is 0 Å². The summed E-state index contributed by atoms with van der Waals surface area (Å²) in [6.07, 6.45) is 2.44. The first kappa shape index (κ1) is 18.0. The van der Waals surface area contributed by atoms with Gasteiger partial charge in [-0.2, -0.15) is 0 Å². The Morgan fingerprint density at radius 3 is 2.62 bits per heavy atom. The molecule has 21 heavy (non-hydrogen) atoms. The van der Waals surface area contributed by atoms with E-state index in [2.05, 4.69) is 26.6 Å². The summed E-state index contributed by atoms with van der Waals surface area (Å²) in [5.41, 5.74) is 0. The van der Waals surface area contributed by atoms with Crippen molar-refractivity contribution < 1.29 is 14.7 Å². The van der Waals surface area contributed by atoms with E-state index in [0.29, 0.717) is 25.4 Å². The average molecular weight is 377 g/mol. The second-order valence-corrected chi connectivity index (χ2v) is 7.51. The van der Waals surface area contributed by atoms with E-state index in [1.165, 1.54) is 4.88 Å². The molecule has 0 aromatic carbocycles. The van der Waals surface area contributed by atoms with Crippen molar-refractivity contribution in [2.45, 2.75) is 32.6 Å². The Morgan fingerprint density at radius 2 is 2.00 bits per heavy atom. The van der Waals surface area contributed by atoms with E-state index in [4.69, 9.17) is 5.11 Å². The van der Waals surface area contributed by atoms with E-state index in [1.54, 1.807) is 11.3 Å². The third-order valence-corrected chi connectivity index (χ3v) is 4.74. The molecule has 118 valence electrons. The van der Waals surface area contributed by atoms with Crippen LogP contribution >= 0.6 is 27.3 Å². The molecule has 1 unspecified atom stereocenters. The number of aliphatic carboxylic acids is 1. The van der Waals surface area contributed by atoms with Crippen molar-refractivity contribution in [3.05, 3.63) is 20.8 Å². The first-order valence-electron chi connectivity index (χ1n) is 6.95. The first-order chi connectivity index (χ1) is 9.97. The maximum Gasteiger partial charge on any atom is 0.314 e. The summed E-state index contributed by atoms with van der Waals surface area (Å²) in [6.45, 7) is 3.17. The minimum atomic E-state index is -0.771. The van der Waals surface area contributed by atoms with E-state index in [1.807, 2.05) is 19.1 Å². The number of amides is 2. The van der Waals surface area contributed by atoms with Gasteiger partial charge in [0.05, 0.1) is 3.79 Å². The summed E-state index contributed by atoms with van der Waals surface area (Å²) in [6, 6.07) is 3.87. The summed E-state index contributed by atoms with van der Waals surface area (Å²) in [4.78, 5) is 23.2. The lowest BCUT2D eigenvalue weighted by Crippen LogP contribution is -2.37. The number of halogens is 1.